The van der Waals surface area contributed by atoms with E-state index < -0.39 is 0 Å². The Morgan fingerprint density at radius 2 is 2.26 bits per heavy atom. The first-order valence-electron chi connectivity index (χ1n) is 6.78. The van der Waals surface area contributed by atoms with Crippen LogP contribution in [0.15, 0.2) is 18.2 Å². The lowest BCUT2D eigenvalue weighted by Crippen LogP contribution is -2.17. The van der Waals surface area contributed by atoms with Gasteiger partial charge in [-0.1, -0.05) is 18.9 Å². The summed E-state index contributed by atoms with van der Waals surface area (Å²) in [7, 11) is 0. The van der Waals surface area contributed by atoms with E-state index in [9.17, 15) is 10.1 Å². The van der Waals surface area contributed by atoms with Gasteiger partial charge in [-0.05, 0) is 38.3 Å². The third-order valence-corrected chi connectivity index (χ3v) is 3.27. The van der Waals surface area contributed by atoms with Crippen LogP contribution in [0.25, 0.3) is 0 Å². The van der Waals surface area contributed by atoms with E-state index in [1.165, 1.54) is 12.8 Å². The molecule has 0 saturated heterocycles. The highest BCUT2D eigenvalue weighted by atomic mass is 16.6. The second kappa shape index (κ2) is 5.91. The van der Waals surface area contributed by atoms with Crippen LogP contribution in [0, 0.1) is 16.0 Å². The SMILES string of the molecule is CCOc1cccc(NC(C)CC2CC2)c1[N+](=O)[O-]. The minimum absolute atomic E-state index is 0.0343. The van der Waals surface area contributed by atoms with E-state index in [0.717, 1.165) is 12.3 Å². The molecule has 1 atom stereocenters. The minimum Gasteiger partial charge on any atom is -0.487 e. The van der Waals surface area contributed by atoms with Gasteiger partial charge in [-0.3, -0.25) is 10.1 Å². The second-order valence-corrected chi connectivity index (χ2v) is 5.07. The van der Waals surface area contributed by atoms with E-state index in [2.05, 4.69) is 12.2 Å². The van der Waals surface area contributed by atoms with Gasteiger partial charge >= 0.3 is 5.69 Å². The molecule has 1 saturated carbocycles. The standard InChI is InChI=1S/C14H20N2O3/c1-3-19-13-6-4-5-12(14(13)16(17)18)15-10(2)9-11-7-8-11/h4-6,10-11,15H,3,7-9H2,1-2H3. The van der Waals surface area contributed by atoms with Gasteiger partial charge in [0.25, 0.3) is 0 Å². The number of ether oxygens (including phenoxy) is 1. The number of benzene rings is 1. The molecule has 0 amide bonds. The lowest BCUT2D eigenvalue weighted by molar-refractivity contribution is -0.385. The summed E-state index contributed by atoms with van der Waals surface area (Å²) in [6.45, 7) is 4.30. The Balaban J connectivity index is 2.17. The molecular formula is C14H20N2O3. The monoisotopic (exact) mass is 264 g/mol. The number of hydrogen-bond acceptors (Lipinski definition) is 4. The topological polar surface area (TPSA) is 64.4 Å². The van der Waals surface area contributed by atoms with Crippen LogP contribution in [0.5, 0.6) is 5.75 Å². The molecule has 1 aromatic carbocycles. The van der Waals surface area contributed by atoms with E-state index in [0.29, 0.717) is 18.0 Å². The number of nitrogens with one attached hydrogen (secondary N) is 1. The smallest absolute Gasteiger partial charge is 0.333 e. The molecule has 1 unspecified atom stereocenters. The molecular weight excluding hydrogens is 244 g/mol. The molecule has 2 rings (SSSR count). The number of nitro groups is 1. The third kappa shape index (κ3) is 3.59. The molecule has 1 aliphatic rings. The number of para-hydroxylation sites is 1. The highest BCUT2D eigenvalue weighted by Crippen LogP contribution is 2.37. The quantitative estimate of drug-likeness (QED) is 0.603. The largest absolute Gasteiger partial charge is 0.487 e. The highest BCUT2D eigenvalue weighted by molar-refractivity contribution is 5.68. The van der Waals surface area contributed by atoms with Crippen LogP contribution in [-0.2, 0) is 0 Å². The Morgan fingerprint density at radius 3 is 2.84 bits per heavy atom. The van der Waals surface area contributed by atoms with Crippen LogP contribution in [0.4, 0.5) is 11.4 Å². The van der Waals surface area contributed by atoms with E-state index in [-0.39, 0.29) is 16.7 Å². The summed E-state index contributed by atoms with van der Waals surface area (Å²) < 4.78 is 5.33. The van der Waals surface area contributed by atoms with Gasteiger partial charge in [-0.15, -0.1) is 0 Å². The van der Waals surface area contributed by atoms with E-state index >= 15 is 0 Å². The van der Waals surface area contributed by atoms with E-state index in [4.69, 9.17) is 4.74 Å². The maximum Gasteiger partial charge on any atom is 0.333 e. The van der Waals surface area contributed by atoms with Gasteiger partial charge in [-0.2, -0.15) is 0 Å². The molecule has 5 heteroatoms. The van der Waals surface area contributed by atoms with E-state index in [1.807, 2.05) is 6.92 Å². The molecule has 0 heterocycles. The molecule has 5 nitrogen and oxygen atoms in total. The van der Waals surface area contributed by atoms with Crippen LogP contribution < -0.4 is 10.1 Å². The van der Waals surface area contributed by atoms with Crippen molar-refractivity contribution in [3.63, 3.8) is 0 Å². The lowest BCUT2D eigenvalue weighted by Gasteiger charge is -2.16. The molecule has 1 N–H and O–H groups in total. The molecule has 0 bridgehead atoms. The summed E-state index contributed by atoms with van der Waals surface area (Å²) in [6.07, 6.45) is 3.64. The fourth-order valence-corrected chi connectivity index (χ4v) is 2.28. The summed E-state index contributed by atoms with van der Waals surface area (Å²) in [5.74, 6) is 1.12. The van der Waals surface area contributed by atoms with Crippen molar-refractivity contribution >= 4 is 11.4 Å². The van der Waals surface area contributed by atoms with Crippen molar-refractivity contribution < 1.29 is 9.66 Å². The number of nitrogens with zero attached hydrogens (tertiary/aromatic N) is 1. The number of nitro benzene ring substituents is 1. The fraction of sp³-hybridized carbons (Fsp3) is 0.571. The zero-order valence-corrected chi connectivity index (χ0v) is 11.4. The molecule has 1 aromatic rings. The average Bonchev–Trinajstić information content (AvgIpc) is 3.13. The zero-order chi connectivity index (χ0) is 13.8. The zero-order valence-electron chi connectivity index (χ0n) is 11.4. The third-order valence-electron chi connectivity index (χ3n) is 3.27. The summed E-state index contributed by atoms with van der Waals surface area (Å²) in [4.78, 5) is 10.8. The molecule has 0 aromatic heterocycles. The predicted molar refractivity (Wildman–Crippen MR) is 74.7 cm³/mol. The Kier molecular flexibility index (Phi) is 4.24. The van der Waals surface area contributed by atoms with Gasteiger partial charge in [0.05, 0.1) is 11.5 Å². The average molecular weight is 264 g/mol. The molecule has 0 spiro atoms. The normalized spacial score (nSPS) is 15.9. The van der Waals surface area contributed by atoms with Gasteiger partial charge < -0.3 is 10.1 Å². The van der Waals surface area contributed by atoms with Crippen LogP contribution >= 0.6 is 0 Å². The van der Waals surface area contributed by atoms with Crippen LogP contribution in [-0.4, -0.2) is 17.6 Å². The summed E-state index contributed by atoms with van der Waals surface area (Å²) in [6, 6.07) is 5.40. The first kappa shape index (κ1) is 13.6. The van der Waals surface area contributed by atoms with Crippen LogP contribution in [0.1, 0.15) is 33.1 Å². The Hall–Kier alpha value is -1.78. The van der Waals surface area contributed by atoms with Crippen molar-refractivity contribution in [2.24, 2.45) is 5.92 Å². The Bertz CT molecular complexity index is 458. The van der Waals surface area contributed by atoms with Crippen LogP contribution in [0.3, 0.4) is 0 Å². The first-order valence-corrected chi connectivity index (χ1v) is 6.78. The number of hydrogen-bond donors (Lipinski definition) is 1. The van der Waals surface area contributed by atoms with Crippen molar-refractivity contribution in [3.8, 4) is 5.75 Å². The van der Waals surface area contributed by atoms with Crippen molar-refractivity contribution in [1.82, 2.24) is 0 Å². The lowest BCUT2D eigenvalue weighted by atomic mass is 10.1. The second-order valence-electron chi connectivity index (χ2n) is 5.07. The predicted octanol–water partition coefficient (Wildman–Crippen LogP) is 3.59. The molecule has 104 valence electrons. The van der Waals surface area contributed by atoms with Gasteiger partial charge in [0, 0.05) is 6.04 Å². The molecule has 1 fully saturated rings. The summed E-state index contributed by atoms with van der Waals surface area (Å²) >= 11 is 0. The number of anilines is 1. The van der Waals surface area contributed by atoms with E-state index in [1.54, 1.807) is 18.2 Å². The maximum absolute atomic E-state index is 11.2. The van der Waals surface area contributed by atoms with Crippen molar-refractivity contribution in [2.75, 3.05) is 11.9 Å². The van der Waals surface area contributed by atoms with Crippen molar-refractivity contribution in [2.45, 2.75) is 39.2 Å². The highest BCUT2D eigenvalue weighted by Gasteiger charge is 2.26. The van der Waals surface area contributed by atoms with Gasteiger partial charge in [-0.25, -0.2) is 0 Å². The first-order chi connectivity index (χ1) is 9.11. The molecule has 19 heavy (non-hydrogen) atoms. The van der Waals surface area contributed by atoms with Crippen molar-refractivity contribution in [1.29, 1.82) is 0 Å². The van der Waals surface area contributed by atoms with Crippen molar-refractivity contribution in [3.05, 3.63) is 28.3 Å². The molecule has 0 aliphatic heterocycles. The molecule has 1 aliphatic carbocycles. The Labute approximate surface area is 113 Å². The minimum atomic E-state index is -0.378. The summed E-state index contributed by atoms with van der Waals surface area (Å²) in [5, 5.41) is 14.5. The maximum atomic E-state index is 11.2. The van der Waals surface area contributed by atoms with Gasteiger partial charge in [0.2, 0.25) is 0 Å². The number of rotatable bonds is 7. The van der Waals surface area contributed by atoms with Crippen LogP contribution in [0.2, 0.25) is 0 Å². The summed E-state index contributed by atoms with van der Waals surface area (Å²) in [5.41, 5.74) is 0.580. The molecule has 0 radical (unpaired) electrons. The van der Waals surface area contributed by atoms with Gasteiger partial charge in [0.15, 0.2) is 5.75 Å². The fourth-order valence-electron chi connectivity index (χ4n) is 2.28. The van der Waals surface area contributed by atoms with Gasteiger partial charge in [0.1, 0.15) is 5.69 Å². The Morgan fingerprint density at radius 1 is 1.53 bits per heavy atom.